The molecule has 0 aliphatic carbocycles. The van der Waals surface area contributed by atoms with E-state index >= 15 is 0 Å². The fraction of sp³-hybridized carbons (Fsp3) is 0.0909. The van der Waals surface area contributed by atoms with Crippen LogP contribution in [0.4, 0.5) is 11.6 Å². The lowest BCUT2D eigenvalue weighted by Gasteiger charge is -2.04. The summed E-state index contributed by atoms with van der Waals surface area (Å²) in [6.45, 7) is 2.03. The molecule has 5 rings (SSSR count). The van der Waals surface area contributed by atoms with Crippen LogP contribution in [-0.4, -0.2) is 24.9 Å². The predicted octanol–water partition coefficient (Wildman–Crippen LogP) is 4.07. The van der Waals surface area contributed by atoms with E-state index in [2.05, 4.69) is 24.9 Å². The molecule has 5 aromatic rings. The van der Waals surface area contributed by atoms with Crippen LogP contribution in [0.15, 0.2) is 59.4 Å². The number of nitrogens with one attached hydrogen (secondary N) is 1. The number of benzene rings is 1. The fourth-order valence-electron chi connectivity index (χ4n) is 3.40. The molecule has 0 unspecified atom stereocenters. The number of aromatic nitrogens is 5. The molecule has 0 aliphatic rings. The van der Waals surface area contributed by atoms with Crippen molar-refractivity contribution in [3.63, 3.8) is 0 Å². The summed E-state index contributed by atoms with van der Waals surface area (Å²) in [5.41, 5.74) is 17.3. The SMILES string of the molecule is CCc1cc(-c2c[nH]c3ncc(-c4ncc(-c5cccc(N)c5)o4)cc23)nc(N)n1. The Balaban J connectivity index is 1.58. The number of pyridine rings is 1. The summed E-state index contributed by atoms with van der Waals surface area (Å²) in [4.78, 5) is 20.8. The van der Waals surface area contributed by atoms with Crippen molar-refractivity contribution in [3.05, 3.63) is 60.7 Å². The summed E-state index contributed by atoms with van der Waals surface area (Å²) in [6, 6.07) is 11.4. The maximum absolute atomic E-state index is 5.97. The number of rotatable bonds is 4. The van der Waals surface area contributed by atoms with Crippen molar-refractivity contribution in [1.82, 2.24) is 24.9 Å². The van der Waals surface area contributed by atoms with E-state index in [0.717, 1.165) is 45.5 Å². The van der Waals surface area contributed by atoms with Gasteiger partial charge in [-0.05, 0) is 30.7 Å². The van der Waals surface area contributed by atoms with Crippen LogP contribution in [-0.2, 0) is 6.42 Å². The molecule has 148 valence electrons. The van der Waals surface area contributed by atoms with E-state index < -0.39 is 0 Å². The van der Waals surface area contributed by atoms with E-state index in [4.69, 9.17) is 15.9 Å². The van der Waals surface area contributed by atoms with Crippen LogP contribution in [0, 0.1) is 0 Å². The normalized spacial score (nSPS) is 11.2. The molecule has 0 radical (unpaired) electrons. The second-order valence-corrected chi connectivity index (χ2v) is 6.93. The Morgan fingerprint density at radius 1 is 1.00 bits per heavy atom. The molecule has 0 bridgehead atoms. The molecule has 30 heavy (non-hydrogen) atoms. The third kappa shape index (κ3) is 3.14. The molecule has 0 spiro atoms. The highest BCUT2D eigenvalue weighted by molar-refractivity contribution is 5.94. The van der Waals surface area contributed by atoms with Crippen LogP contribution in [0.5, 0.6) is 0 Å². The lowest BCUT2D eigenvalue weighted by molar-refractivity contribution is 0.588. The number of oxazole rings is 1. The van der Waals surface area contributed by atoms with Gasteiger partial charge in [0.15, 0.2) is 5.76 Å². The second kappa shape index (κ2) is 7.00. The first-order valence-electron chi connectivity index (χ1n) is 9.54. The molecule has 8 nitrogen and oxygen atoms in total. The molecule has 4 heterocycles. The topological polar surface area (TPSA) is 133 Å². The summed E-state index contributed by atoms with van der Waals surface area (Å²) in [7, 11) is 0. The van der Waals surface area contributed by atoms with Gasteiger partial charge in [-0.2, -0.15) is 0 Å². The Hall–Kier alpha value is -4.20. The summed E-state index contributed by atoms with van der Waals surface area (Å²) in [6.07, 6.45) is 6.05. The zero-order chi connectivity index (χ0) is 20.7. The Morgan fingerprint density at radius 2 is 1.90 bits per heavy atom. The van der Waals surface area contributed by atoms with E-state index in [1.807, 2.05) is 49.5 Å². The quantitative estimate of drug-likeness (QED) is 0.389. The standard InChI is InChI=1S/C22H19N7O/c1-2-15-8-18(29-22(24)28-15)17-10-26-20-16(17)7-13(9-25-20)21-27-11-19(30-21)12-4-3-5-14(23)6-12/h3-11H,2,23H2,1H3,(H,25,26)(H2,24,28,29). The van der Waals surface area contributed by atoms with E-state index in [1.54, 1.807) is 12.4 Å². The molecule has 4 aromatic heterocycles. The Morgan fingerprint density at radius 3 is 2.73 bits per heavy atom. The van der Waals surface area contributed by atoms with Gasteiger partial charge in [-0.25, -0.2) is 19.9 Å². The molecule has 1 aromatic carbocycles. The van der Waals surface area contributed by atoms with Gasteiger partial charge in [0.25, 0.3) is 0 Å². The first-order chi connectivity index (χ1) is 14.6. The number of nitrogens with zero attached hydrogens (tertiary/aromatic N) is 4. The predicted molar refractivity (Wildman–Crippen MR) is 116 cm³/mol. The summed E-state index contributed by atoms with van der Waals surface area (Å²) in [5, 5.41) is 0.899. The van der Waals surface area contributed by atoms with Gasteiger partial charge < -0.3 is 20.9 Å². The molecule has 0 aliphatic heterocycles. The molecular formula is C22H19N7O. The van der Waals surface area contributed by atoms with Gasteiger partial charge in [-0.1, -0.05) is 19.1 Å². The fourth-order valence-corrected chi connectivity index (χ4v) is 3.40. The molecule has 5 N–H and O–H groups in total. The second-order valence-electron chi connectivity index (χ2n) is 6.93. The number of aryl methyl sites for hydroxylation is 1. The number of H-pyrrole nitrogens is 1. The lowest BCUT2D eigenvalue weighted by atomic mass is 10.1. The number of nitrogen functional groups attached to an aromatic ring is 2. The molecule has 0 amide bonds. The molecule has 0 atom stereocenters. The summed E-state index contributed by atoms with van der Waals surface area (Å²) < 4.78 is 5.97. The van der Waals surface area contributed by atoms with E-state index in [0.29, 0.717) is 17.3 Å². The van der Waals surface area contributed by atoms with Crippen molar-refractivity contribution in [1.29, 1.82) is 0 Å². The third-order valence-corrected chi connectivity index (χ3v) is 4.89. The smallest absolute Gasteiger partial charge is 0.228 e. The molecule has 0 saturated heterocycles. The van der Waals surface area contributed by atoms with Crippen LogP contribution < -0.4 is 11.5 Å². The van der Waals surface area contributed by atoms with Crippen molar-refractivity contribution >= 4 is 22.7 Å². The first-order valence-corrected chi connectivity index (χ1v) is 9.54. The van der Waals surface area contributed by atoms with E-state index in [-0.39, 0.29) is 5.95 Å². The van der Waals surface area contributed by atoms with Gasteiger partial charge in [0.2, 0.25) is 11.8 Å². The van der Waals surface area contributed by atoms with Crippen LogP contribution in [0.25, 0.3) is 45.1 Å². The number of anilines is 2. The lowest BCUT2D eigenvalue weighted by Crippen LogP contribution is -2.00. The van der Waals surface area contributed by atoms with Gasteiger partial charge in [-0.15, -0.1) is 0 Å². The van der Waals surface area contributed by atoms with Gasteiger partial charge >= 0.3 is 0 Å². The van der Waals surface area contributed by atoms with Gasteiger partial charge in [0, 0.05) is 40.3 Å². The first kappa shape index (κ1) is 17.9. The minimum Gasteiger partial charge on any atom is -0.436 e. The zero-order valence-corrected chi connectivity index (χ0v) is 16.3. The highest BCUT2D eigenvalue weighted by Crippen LogP contribution is 2.32. The molecule has 0 saturated carbocycles. The highest BCUT2D eigenvalue weighted by Gasteiger charge is 2.14. The Labute approximate surface area is 172 Å². The minimum atomic E-state index is 0.252. The average molecular weight is 397 g/mol. The van der Waals surface area contributed by atoms with Crippen molar-refractivity contribution in [3.8, 4) is 34.0 Å². The van der Waals surface area contributed by atoms with Gasteiger partial charge in [0.1, 0.15) is 5.65 Å². The van der Waals surface area contributed by atoms with Crippen molar-refractivity contribution in [2.75, 3.05) is 11.5 Å². The number of fused-ring (bicyclic) bond motifs is 1. The minimum absolute atomic E-state index is 0.252. The van der Waals surface area contributed by atoms with Crippen molar-refractivity contribution in [2.45, 2.75) is 13.3 Å². The monoisotopic (exact) mass is 397 g/mol. The molecular weight excluding hydrogens is 378 g/mol. The van der Waals surface area contributed by atoms with Crippen LogP contribution in [0.3, 0.4) is 0 Å². The van der Waals surface area contributed by atoms with Crippen molar-refractivity contribution < 1.29 is 4.42 Å². The number of hydrogen-bond donors (Lipinski definition) is 3. The third-order valence-electron chi connectivity index (χ3n) is 4.89. The van der Waals surface area contributed by atoms with Crippen LogP contribution in [0.2, 0.25) is 0 Å². The van der Waals surface area contributed by atoms with Crippen LogP contribution in [0.1, 0.15) is 12.6 Å². The average Bonchev–Trinajstić information content (AvgIpc) is 3.40. The molecule has 8 heteroatoms. The van der Waals surface area contributed by atoms with Gasteiger partial charge in [-0.3, -0.25) is 0 Å². The maximum atomic E-state index is 5.97. The summed E-state index contributed by atoms with van der Waals surface area (Å²) in [5.74, 6) is 1.37. The Bertz CT molecular complexity index is 1370. The highest BCUT2D eigenvalue weighted by atomic mass is 16.4. The maximum Gasteiger partial charge on any atom is 0.228 e. The van der Waals surface area contributed by atoms with Crippen LogP contribution >= 0.6 is 0 Å². The van der Waals surface area contributed by atoms with Gasteiger partial charge in [0.05, 0.1) is 17.5 Å². The summed E-state index contributed by atoms with van der Waals surface area (Å²) >= 11 is 0. The number of nitrogens with two attached hydrogens (primary N) is 2. The number of hydrogen-bond acceptors (Lipinski definition) is 7. The zero-order valence-electron chi connectivity index (χ0n) is 16.3. The number of aromatic amines is 1. The largest absolute Gasteiger partial charge is 0.436 e. The van der Waals surface area contributed by atoms with E-state index in [9.17, 15) is 0 Å². The van der Waals surface area contributed by atoms with E-state index in [1.165, 1.54) is 0 Å². The van der Waals surface area contributed by atoms with Crippen molar-refractivity contribution in [2.24, 2.45) is 0 Å². The Kier molecular flexibility index (Phi) is 4.17. The molecule has 0 fully saturated rings.